The summed E-state index contributed by atoms with van der Waals surface area (Å²) in [5.74, 6) is -0.843. The minimum atomic E-state index is -1.14. The first-order valence-corrected chi connectivity index (χ1v) is 8.74. The van der Waals surface area contributed by atoms with Crippen LogP contribution in [-0.2, 0) is 11.2 Å². The molecule has 0 saturated carbocycles. The number of carbonyl (C=O) groups excluding carboxylic acids is 1. The number of carbonyl (C=O) groups is 2. The molecule has 0 unspecified atom stereocenters. The van der Waals surface area contributed by atoms with E-state index in [0.717, 1.165) is 5.56 Å². The predicted octanol–water partition coefficient (Wildman–Crippen LogP) is 3.09. The number of nitrogens with one attached hydrogen (secondary N) is 1. The van der Waals surface area contributed by atoms with E-state index >= 15 is 0 Å². The van der Waals surface area contributed by atoms with Crippen LogP contribution in [0.2, 0.25) is 5.02 Å². The van der Waals surface area contributed by atoms with Gasteiger partial charge in [-0.05, 0) is 42.0 Å². The maximum absolute atomic E-state index is 12.7. The highest BCUT2D eigenvalue weighted by Gasteiger charge is 2.24. The van der Waals surface area contributed by atoms with Gasteiger partial charge in [0, 0.05) is 6.42 Å². The topological polar surface area (TPSA) is 84.9 Å². The van der Waals surface area contributed by atoms with Crippen molar-refractivity contribution in [3.63, 3.8) is 0 Å². The van der Waals surface area contributed by atoms with Gasteiger partial charge in [0.1, 0.15) is 30.8 Å². The van der Waals surface area contributed by atoms with Crippen molar-refractivity contribution < 1.29 is 24.2 Å². The van der Waals surface area contributed by atoms with Gasteiger partial charge in [0.2, 0.25) is 0 Å². The molecule has 1 aliphatic rings. The Hall–Kier alpha value is -2.99. The molecule has 0 aromatic heterocycles. The maximum atomic E-state index is 12.7. The first-order valence-electron chi connectivity index (χ1n) is 8.36. The second-order valence-corrected chi connectivity index (χ2v) is 6.33. The number of amides is 1. The number of halogens is 1. The van der Waals surface area contributed by atoms with Gasteiger partial charge >= 0.3 is 5.97 Å². The zero-order valence-electron chi connectivity index (χ0n) is 14.4. The summed E-state index contributed by atoms with van der Waals surface area (Å²) >= 11 is 6.17. The summed E-state index contributed by atoms with van der Waals surface area (Å²) in [6.07, 6.45) is 3.68. The molecule has 1 amide bonds. The Morgan fingerprint density at radius 3 is 2.63 bits per heavy atom. The lowest BCUT2D eigenvalue weighted by molar-refractivity contribution is -0.139. The average molecular weight is 388 g/mol. The van der Waals surface area contributed by atoms with Crippen LogP contribution < -0.4 is 14.8 Å². The standard InChI is InChI=1S/C20H18ClNO5/c21-15-7-4-8-17-18(15)19(23)22-16(20(24)25)12-13-5-3-6-14(11-13)26-9-1-2-10-27-17/h1-8,11,16H,9-10,12H2,(H,22,23)(H,24,25)/b2-1+/t16-/m0/s1. The lowest BCUT2D eigenvalue weighted by Gasteiger charge is -2.17. The number of fused-ring (bicyclic) bond motifs is 3. The van der Waals surface area contributed by atoms with Gasteiger partial charge in [-0.25, -0.2) is 4.79 Å². The van der Waals surface area contributed by atoms with Gasteiger partial charge in [-0.3, -0.25) is 4.79 Å². The summed E-state index contributed by atoms with van der Waals surface area (Å²) in [7, 11) is 0. The molecule has 27 heavy (non-hydrogen) atoms. The minimum absolute atomic E-state index is 0.106. The number of hydrogen-bond acceptors (Lipinski definition) is 4. The zero-order chi connectivity index (χ0) is 19.2. The fraction of sp³-hybridized carbons (Fsp3) is 0.200. The molecule has 3 rings (SSSR count). The fourth-order valence-corrected chi connectivity index (χ4v) is 2.94. The van der Waals surface area contributed by atoms with E-state index < -0.39 is 17.9 Å². The van der Waals surface area contributed by atoms with Gasteiger partial charge < -0.3 is 19.9 Å². The molecule has 1 heterocycles. The van der Waals surface area contributed by atoms with E-state index in [1.54, 1.807) is 54.6 Å². The highest BCUT2D eigenvalue weighted by molar-refractivity contribution is 6.34. The molecule has 2 aromatic rings. The Morgan fingerprint density at radius 2 is 1.85 bits per heavy atom. The lowest BCUT2D eigenvalue weighted by atomic mass is 10.0. The number of rotatable bonds is 1. The van der Waals surface area contributed by atoms with E-state index in [-0.39, 0.29) is 29.4 Å². The summed E-state index contributed by atoms with van der Waals surface area (Å²) in [6.45, 7) is 0.557. The molecule has 140 valence electrons. The van der Waals surface area contributed by atoms with E-state index in [2.05, 4.69) is 5.32 Å². The van der Waals surface area contributed by atoms with E-state index in [1.807, 2.05) is 0 Å². The summed E-state index contributed by atoms with van der Waals surface area (Å²) < 4.78 is 11.3. The van der Waals surface area contributed by atoms with Crippen LogP contribution in [-0.4, -0.2) is 36.2 Å². The van der Waals surface area contributed by atoms with E-state index in [9.17, 15) is 14.7 Å². The molecular formula is C20H18ClNO5. The van der Waals surface area contributed by atoms with Crippen LogP contribution in [0.5, 0.6) is 11.5 Å². The van der Waals surface area contributed by atoms with Gasteiger partial charge in [0.25, 0.3) is 5.91 Å². The van der Waals surface area contributed by atoms with Gasteiger partial charge in [0.15, 0.2) is 0 Å². The third-order valence-electron chi connectivity index (χ3n) is 3.99. The van der Waals surface area contributed by atoms with E-state index in [4.69, 9.17) is 21.1 Å². The Kier molecular flexibility index (Phi) is 5.98. The Bertz CT molecular complexity index is 880. The largest absolute Gasteiger partial charge is 0.490 e. The van der Waals surface area contributed by atoms with Crippen LogP contribution in [0, 0.1) is 0 Å². The normalized spacial score (nSPS) is 18.6. The minimum Gasteiger partial charge on any atom is -0.490 e. The number of ether oxygens (including phenoxy) is 2. The molecule has 2 aromatic carbocycles. The highest BCUT2D eigenvalue weighted by Crippen LogP contribution is 2.27. The maximum Gasteiger partial charge on any atom is 0.326 e. The van der Waals surface area contributed by atoms with Crippen LogP contribution in [0.15, 0.2) is 54.6 Å². The molecule has 0 spiro atoms. The van der Waals surface area contributed by atoms with Crippen LogP contribution in [0.25, 0.3) is 0 Å². The second kappa shape index (κ2) is 8.60. The van der Waals surface area contributed by atoms with Gasteiger partial charge in [0.05, 0.1) is 10.6 Å². The van der Waals surface area contributed by atoms with Crippen LogP contribution in [0.3, 0.4) is 0 Å². The number of carboxylic acid groups (broad SMARTS) is 1. The molecule has 0 aliphatic carbocycles. The highest BCUT2D eigenvalue weighted by atomic mass is 35.5. The lowest BCUT2D eigenvalue weighted by Crippen LogP contribution is -2.42. The Labute approximate surface area is 161 Å². The van der Waals surface area contributed by atoms with Gasteiger partial charge in [-0.15, -0.1) is 0 Å². The van der Waals surface area contributed by atoms with Crippen molar-refractivity contribution in [3.8, 4) is 11.5 Å². The average Bonchev–Trinajstić information content (AvgIpc) is 2.64. The van der Waals surface area contributed by atoms with Crippen LogP contribution in [0.1, 0.15) is 15.9 Å². The Morgan fingerprint density at radius 1 is 1.11 bits per heavy atom. The molecule has 0 saturated heterocycles. The third-order valence-corrected chi connectivity index (χ3v) is 4.31. The molecule has 7 heteroatoms. The number of hydrogen-bond donors (Lipinski definition) is 2. The van der Waals surface area contributed by atoms with Crippen LogP contribution in [0.4, 0.5) is 0 Å². The predicted molar refractivity (Wildman–Crippen MR) is 101 cm³/mol. The van der Waals surface area contributed by atoms with Crippen molar-refractivity contribution in [2.75, 3.05) is 13.2 Å². The first-order chi connectivity index (χ1) is 13.0. The molecule has 2 bridgehead atoms. The van der Waals surface area contributed by atoms with Crippen molar-refractivity contribution in [2.45, 2.75) is 12.5 Å². The molecule has 2 N–H and O–H groups in total. The number of carboxylic acids is 1. The quantitative estimate of drug-likeness (QED) is 0.734. The second-order valence-electron chi connectivity index (χ2n) is 5.92. The molecule has 1 aliphatic heterocycles. The van der Waals surface area contributed by atoms with E-state index in [1.165, 1.54) is 0 Å². The van der Waals surface area contributed by atoms with Gasteiger partial charge in [-0.2, -0.15) is 0 Å². The molecule has 0 radical (unpaired) electrons. The molecular weight excluding hydrogens is 370 g/mol. The summed E-state index contributed by atoms with van der Waals surface area (Å²) in [5.41, 5.74) is 0.841. The van der Waals surface area contributed by atoms with Crippen LogP contribution >= 0.6 is 11.6 Å². The van der Waals surface area contributed by atoms with E-state index in [0.29, 0.717) is 12.4 Å². The Balaban J connectivity index is 1.96. The first kappa shape index (κ1) is 18.8. The summed E-state index contributed by atoms with van der Waals surface area (Å²) in [4.78, 5) is 24.4. The third kappa shape index (κ3) is 4.80. The van der Waals surface area contributed by atoms with Crippen molar-refractivity contribution in [2.24, 2.45) is 0 Å². The number of aliphatic carboxylic acids is 1. The van der Waals surface area contributed by atoms with Crippen molar-refractivity contribution >= 4 is 23.5 Å². The van der Waals surface area contributed by atoms with Crippen molar-refractivity contribution in [1.82, 2.24) is 5.32 Å². The van der Waals surface area contributed by atoms with Crippen molar-refractivity contribution in [3.05, 3.63) is 70.8 Å². The fourth-order valence-electron chi connectivity index (χ4n) is 2.69. The number of benzene rings is 2. The zero-order valence-corrected chi connectivity index (χ0v) is 15.1. The summed E-state index contributed by atoms with van der Waals surface area (Å²) in [5, 5.41) is 12.3. The molecule has 1 atom stereocenters. The van der Waals surface area contributed by atoms with Crippen molar-refractivity contribution in [1.29, 1.82) is 0 Å². The summed E-state index contributed by atoms with van der Waals surface area (Å²) in [6, 6.07) is 10.8. The molecule has 6 nitrogen and oxygen atoms in total. The molecule has 0 fully saturated rings. The van der Waals surface area contributed by atoms with Gasteiger partial charge in [-0.1, -0.05) is 29.8 Å². The monoisotopic (exact) mass is 387 g/mol. The SMILES string of the molecule is O=C1N[C@H](C(=O)O)Cc2cccc(c2)OC/C=C/COc2cccc(Cl)c21. The smallest absolute Gasteiger partial charge is 0.326 e.